The Balaban J connectivity index is 1.25. The number of nitrogens with zero attached hydrogens (tertiary/aromatic N) is 5. The van der Waals surface area contributed by atoms with Gasteiger partial charge in [-0.1, -0.05) is 6.07 Å². The molecule has 4 atom stereocenters. The van der Waals surface area contributed by atoms with E-state index in [1.54, 1.807) is 12.1 Å². The van der Waals surface area contributed by atoms with E-state index in [0.717, 1.165) is 31.9 Å². The predicted molar refractivity (Wildman–Crippen MR) is 131 cm³/mol. The molecule has 2 N–H and O–H groups in total. The van der Waals surface area contributed by atoms with Crippen LogP contribution in [0.25, 0.3) is 22.4 Å². The quantitative estimate of drug-likeness (QED) is 0.484. The SMILES string of the molecule is [2H]C([2H])([2H])Sc1cc(-c2ccc(-c3cnc(N(C4CC4)[C@H]4C[C@@H]5CC[C@H](N5)[C@H]4F)nn3)c(O)c2)c(F)cn1. The highest BCUT2D eigenvalue weighted by Crippen LogP contribution is 2.40. The predicted octanol–water partition coefficient (Wildman–Crippen LogP) is 4.37. The largest absolute Gasteiger partial charge is 0.507 e. The van der Waals surface area contributed by atoms with Crippen molar-refractivity contribution in [1.29, 1.82) is 0 Å². The minimum absolute atomic E-state index is 0.116. The standard InChI is InChI=1S/C25H26F2N6OS/c1-35-23-10-17(18(26)11-28-23)13-2-6-16(22(34)8-13)20-12-29-25(32-31-20)33(15-4-5-15)21-9-14-3-7-19(30-14)24(21)27/h2,6,8,10-12,14-15,19,21,24,30,34H,3-5,7,9H2,1H3/t14-,19-,21-,24+/m0/s1/i1D3. The van der Waals surface area contributed by atoms with E-state index in [4.69, 9.17) is 4.11 Å². The third-order valence-corrected chi connectivity index (χ3v) is 7.58. The van der Waals surface area contributed by atoms with Gasteiger partial charge in [-0.05, 0) is 62.1 Å². The summed E-state index contributed by atoms with van der Waals surface area (Å²) in [6, 6.07) is 6.00. The van der Waals surface area contributed by atoms with Crippen molar-refractivity contribution in [3.63, 3.8) is 0 Å². The molecule has 35 heavy (non-hydrogen) atoms. The summed E-state index contributed by atoms with van der Waals surface area (Å²) in [4.78, 5) is 10.3. The molecule has 3 fully saturated rings. The number of fused-ring (bicyclic) bond motifs is 2. The number of anilines is 1. The molecule has 182 valence electrons. The highest BCUT2D eigenvalue weighted by Gasteiger charge is 2.48. The Bertz CT molecular complexity index is 1340. The van der Waals surface area contributed by atoms with E-state index in [-0.39, 0.29) is 34.5 Å². The topological polar surface area (TPSA) is 87.1 Å². The van der Waals surface area contributed by atoms with E-state index >= 15 is 4.39 Å². The van der Waals surface area contributed by atoms with Crippen LogP contribution < -0.4 is 10.2 Å². The lowest BCUT2D eigenvalue weighted by Gasteiger charge is -2.40. The van der Waals surface area contributed by atoms with Crippen molar-refractivity contribution in [2.24, 2.45) is 0 Å². The fraction of sp³-hybridized carbons (Fsp3) is 0.440. The molecule has 2 bridgehead atoms. The van der Waals surface area contributed by atoms with Gasteiger partial charge in [0.2, 0.25) is 5.95 Å². The number of hydrogen-bond acceptors (Lipinski definition) is 8. The molecule has 10 heteroatoms. The Morgan fingerprint density at radius 2 is 2.00 bits per heavy atom. The number of phenols is 1. The molecule has 2 saturated heterocycles. The van der Waals surface area contributed by atoms with Crippen molar-refractivity contribution in [1.82, 2.24) is 25.5 Å². The molecule has 4 heterocycles. The monoisotopic (exact) mass is 499 g/mol. The molecular formula is C25H26F2N6OS. The highest BCUT2D eigenvalue weighted by atomic mass is 32.2. The summed E-state index contributed by atoms with van der Waals surface area (Å²) in [5.74, 6) is -0.416. The molecule has 0 spiro atoms. The minimum atomic E-state index is -2.32. The molecular weight excluding hydrogens is 470 g/mol. The van der Waals surface area contributed by atoms with Crippen LogP contribution in [0.5, 0.6) is 5.75 Å². The summed E-state index contributed by atoms with van der Waals surface area (Å²) in [5, 5.41) is 22.9. The van der Waals surface area contributed by atoms with Crippen LogP contribution >= 0.6 is 11.8 Å². The van der Waals surface area contributed by atoms with E-state index in [1.807, 2.05) is 4.90 Å². The number of alkyl halides is 1. The lowest BCUT2D eigenvalue weighted by Crippen LogP contribution is -2.57. The number of benzene rings is 1. The zero-order valence-corrected chi connectivity index (χ0v) is 19.6. The van der Waals surface area contributed by atoms with Crippen molar-refractivity contribution in [2.75, 3.05) is 11.1 Å². The molecule has 2 aromatic heterocycles. The number of rotatable bonds is 6. The second kappa shape index (κ2) is 8.98. The first-order valence-electron chi connectivity index (χ1n) is 13.2. The fourth-order valence-corrected chi connectivity index (χ4v) is 5.58. The Kier molecular flexibility index (Phi) is 4.97. The second-order valence-electron chi connectivity index (χ2n) is 9.41. The van der Waals surface area contributed by atoms with Gasteiger partial charge in [-0.2, -0.15) is 0 Å². The molecule has 6 rings (SSSR count). The summed E-state index contributed by atoms with van der Waals surface area (Å²) in [5.41, 5.74) is 1.15. The van der Waals surface area contributed by atoms with Crippen LogP contribution in [0.4, 0.5) is 14.7 Å². The van der Waals surface area contributed by atoms with Crippen molar-refractivity contribution in [3.8, 4) is 28.1 Å². The molecule has 0 unspecified atom stereocenters. The second-order valence-corrected chi connectivity index (χ2v) is 10.0. The molecule has 1 aliphatic carbocycles. The Morgan fingerprint density at radius 3 is 2.74 bits per heavy atom. The highest BCUT2D eigenvalue weighted by molar-refractivity contribution is 7.98. The average Bonchev–Trinajstić information content (AvgIpc) is 3.62. The maximum Gasteiger partial charge on any atom is 0.245 e. The number of nitrogens with one attached hydrogen (secondary N) is 1. The number of thioether (sulfide) groups is 1. The number of pyridine rings is 1. The maximum absolute atomic E-state index is 15.3. The average molecular weight is 500 g/mol. The van der Waals surface area contributed by atoms with Crippen molar-refractivity contribution >= 4 is 17.7 Å². The van der Waals surface area contributed by atoms with E-state index in [0.29, 0.717) is 47.0 Å². The van der Waals surface area contributed by atoms with Gasteiger partial charge in [0.05, 0.1) is 23.5 Å². The van der Waals surface area contributed by atoms with Gasteiger partial charge in [0.1, 0.15) is 23.4 Å². The fourth-order valence-electron chi connectivity index (χ4n) is 5.30. The van der Waals surface area contributed by atoms with E-state index in [2.05, 4.69) is 25.5 Å². The van der Waals surface area contributed by atoms with E-state index in [1.165, 1.54) is 18.3 Å². The van der Waals surface area contributed by atoms with Crippen LogP contribution in [0.1, 0.15) is 36.2 Å². The smallest absolute Gasteiger partial charge is 0.245 e. The van der Waals surface area contributed by atoms with Gasteiger partial charge < -0.3 is 15.3 Å². The third-order valence-electron chi connectivity index (χ3n) is 7.15. The number of piperidine rings is 1. The van der Waals surface area contributed by atoms with Gasteiger partial charge in [-0.3, -0.25) is 0 Å². The first kappa shape index (κ1) is 19.4. The van der Waals surface area contributed by atoms with Crippen LogP contribution in [-0.4, -0.2) is 61.8 Å². The molecule has 3 aliphatic rings. The van der Waals surface area contributed by atoms with Gasteiger partial charge in [0.15, 0.2) is 0 Å². The molecule has 3 aromatic rings. The minimum Gasteiger partial charge on any atom is -0.507 e. The maximum atomic E-state index is 15.3. The summed E-state index contributed by atoms with van der Waals surface area (Å²) in [6.45, 7) is 0. The molecule has 0 radical (unpaired) electrons. The van der Waals surface area contributed by atoms with Crippen LogP contribution in [0.2, 0.25) is 0 Å². The zero-order chi connectivity index (χ0) is 26.6. The summed E-state index contributed by atoms with van der Waals surface area (Å²) in [7, 11) is 0. The number of aromatic nitrogens is 4. The zero-order valence-electron chi connectivity index (χ0n) is 21.7. The Morgan fingerprint density at radius 1 is 1.11 bits per heavy atom. The summed E-state index contributed by atoms with van der Waals surface area (Å²) >= 11 is 0.549. The van der Waals surface area contributed by atoms with Crippen molar-refractivity contribution in [2.45, 2.75) is 67.5 Å². The van der Waals surface area contributed by atoms with Crippen molar-refractivity contribution < 1.29 is 18.0 Å². The number of hydrogen-bond donors (Lipinski definition) is 2. The Hall–Kier alpha value is -2.85. The first-order chi connectivity index (χ1) is 18.2. The number of halogens is 2. The lowest BCUT2D eigenvalue weighted by atomic mass is 9.96. The number of aromatic hydroxyl groups is 1. The van der Waals surface area contributed by atoms with Gasteiger partial charge in [-0.25, -0.2) is 18.7 Å². The Labute approximate surface area is 210 Å². The van der Waals surface area contributed by atoms with Crippen LogP contribution in [0, 0.1) is 5.82 Å². The van der Waals surface area contributed by atoms with E-state index < -0.39 is 18.2 Å². The van der Waals surface area contributed by atoms with Crippen LogP contribution in [0.3, 0.4) is 0 Å². The normalized spacial score (nSPS) is 27.2. The van der Waals surface area contributed by atoms with Crippen molar-refractivity contribution in [3.05, 3.63) is 42.5 Å². The summed E-state index contributed by atoms with van der Waals surface area (Å²) in [6.07, 6.45) is 3.63. The molecule has 1 aromatic carbocycles. The molecule has 0 amide bonds. The third kappa shape index (κ3) is 4.23. The van der Waals surface area contributed by atoms with Gasteiger partial charge in [-0.15, -0.1) is 22.0 Å². The van der Waals surface area contributed by atoms with Crippen LogP contribution in [0.15, 0.2) is 41.7 Å². The molecule has 7 nitrogen and oxygen atoms in total. The molecule has 1 saturated carbocycles. The van der Waals surface area contributed by atoms with Gasteiger partial charge in [0.25, 0.3) is 0 Å². The van der Waals surface area contributed by atoms with E-state index in [9.17, 15) is 9.50 Å². The summed E-state index contributed by atoms with van der Waals surface area (Å²) < 4.78 is 52.0. The number of phenolic OH excluding ortho intramolecular Hbond substituents is 1. The van der Waals surface area contributed by atoms with Gasteiger partial charge in [0, 0.05) is 33.4 Å². The molecule has 2 aliphatic heterocycles. The van der Waals surface area contributed by atoms with Crippen LogP contribution in [-0.2, 0) is 0 Å². The van der Waals surface area contributed by atoms with Gasteiger partial charge >= 0.3 is 0 Å². The first-order valence-corrected chi connectivity index (χ1v) is 12.5. The lowest BCUT2D eigenvalue weighted by molar-refractivity contribution is 0.171.